The molecule has 0 bridgehead atoms. The molecule has 22 heavy (non-hydrogen) atoms. The van der Waals surface area contributed by atoms with E-state index in [1.165, 1.54) is 22.7 Å². The predicted molar refractivity (Wildman–Crippen MR) is 89.9 cm³/mol. The van der Waals surface area contributed by atoms with E-state index in [4.69, 9.17) is 6.42 Å². The number of nitrogens with zero attached hydrogens (tertiary/aromatic N) is 1. The highest BCUT2D eigenvalue weighted by Gasteiger charge is 2.24. The van der Waals surface area contributed by atoms with E-state index in [2.05, 4.69) is 12.0 Å². The van der Waals surface area contributed by atoms with Crippen molar-refractivity contribution in [2.45, 2.75) is 43.9 Å². The Kier molecular flexibility index (Phi) is 5.82. The number of rotatable bonds is 5. The summed E-state index contributed by atoms with van der Waals surface area (Å²) in [4.78, 5) is 0.308. The van der Waals surface area contributed by atoms with Crippen LogP contribution in [0, 0.1) is 19.3 Å². The van der Waals surface area contributed by atoms with E-state index < -0.39 is 10.0 Å². The molecule has 1 aromatic rings. The number of hydrogen-bond donors (Lipinski definition) is 0. The molecule has 0 saturated carbocycles. The zero-order valence-corrected chi connectivity index (χ0v) is 13.9. The average Bonchev–Trinajstić information content (AvgIpc) is 2.76. The third-order valence-corrected chi connectivity index (χ3v) is 5.75. The summed E-state index contributed by atoms with van der Waals surface area (Å²) in [6, 6.07) is 6.92. The van der Waals surface area contributed by atoms with Gasteiger partial charge in [0, 0.05) is 6.54 Å². The quantitative estimate of drug-likeness (QED) is 0.615. The second kappa shape index (κ2) is 7.62. The van der Waals surface area contributed by atoms with Gasteiger partial charge in [-0.15, -0.1) is 6.42 Å². The van der Waals surface area contributed by atoms with Crippen LogP contribution in [0.4, 0.5) is 0 Å². The lowest BCUT2D eigenvalue weighted by Gasteiger charge is -2.21. The Bertz CT molecular complexity index is 666. The molecule has 1 aromatic carbocycles. The minimum atomic E-state index is -3.54. The SMILES string of the molecule is C#CCN(CC1=CCCCCC1)S(=O)(=O)c1ccc(C)cc1. The van der Waals surface area contributed by atoms with E-state index in [1.54, 1.807) is 12.1 Å². The second-order valence-corrected chi connectivity index (χ2v) is 7.69. The topological polar surface area (TPSA) is 37.4 Å². The Labute approximate surface area is 134 Å². The zero-order valence-electron chi connectivity index (χ0n) is 13.1. The van der Waals surface area contributed by atoms with Gasteiger partial charge in [-0.3, -0.25) is 0 Å². The van der Waals surface area contributed by atoms with Gasteiger partial charge in [0.15, 0.2) is 0 Å². The first-order chi connectivity index (χ1) is 10.5. The first kappa shape index (κ1) is 16.8. The van der Waals surface area contributed by atoms with Gasteiger partial charge in [-0.25, -0.2) is 8.42 Å². The Hall–Kier alpha value is -1.57. The molecule has 118 valence electrons. The van der Waals surface area contributed by atoms with Gasteiger partial charge in [-0.1, -0.05) is 41.7 Å². The van der Waals surface area contributed by atoms with Crippen LogP contribution in [0.15, 0.2) is 40.8 Å². The molecule has 0 radical (unpaired) electrons. The number of terminal acetylenes is 1. The van der Waals surface area contributed by atoms with Crippen molar-refractivity contribution in [3.63, 3.8) is 0 Å². The van der Waals surface area contributed by atoms with Crippen LogP contribution < -0.4 is 0 Å². The molecule has 0 amide bonds. The molecule has 4 heteroatoms. The Morgan fingerprint density at radius 3 is 2.59 bits per heavy atom. The summed E-state index contributed by atoms with van der Waals surface area (Å²) in [6.07, 6.45) is 13.1. The summed E-state index contributed by atoms with van der Waals surface area (Å²) in [6.45, 7) is 2.44. The summed E-state index contributed by atoms with van der Waals surface area (Å²) in [5, 5.41) is 0. The Balaban J connectivity index is 2.24. The Morgan fingerprint density at radius 2 is 1.91 bits per heavy atom. The number of allylic oxidation sites excluding steroid dienone is 1. The van der Waals surface area contributed by atoms with Crippen molar-refractivity contribution in [1.82, 2.24) is 4.31 Å². The van der Waals surface area contributed by atoms with Gasteiger partial charge in [0.05, 0.1) is 11.4 Å². The molecule has 2 rings (SSSR count). The fourth-order valence-corrected chi connectivity index (χ4v) is 4.00. The van der Waals surface area contributed by atoms with Crippen LogP contribution >= 0.6 is 0 Å². The van der Waals surface area contributed by atoms with Gasteiger partial charge in [-0.2, -0.15) is 4.31 Å². The lowest BCUT2D eigenvalue weighted by molar-refractivity contribution is 0.466. The number of hydrogen-bond acceptors (Lipinski definition) is 2. The fourth-order valence-electron chi connectivity index (χ4n) is 2.64. The summed E-state index contributed by atoms with van der Waals surface area (Å²) in [5.74, 6) is 2.48. The van der Waals surface area contributed by atoms with Crippen molar-refractivity contribution in [1.29, 1.82) is 0 Å². The van der Waals surface area contributed by atoms with Crippen LogP contribution in [-0.4, -0.2) is 25.8 Å². The van der Waals surface area contributed by atoms with E-state index in [-0.39, 0.29) is 6.54 Å². The first-order valence-electron chi connectivity index (χ1n) is 7.72. The summed E-state index contributed by atoms with van der Waals surface area (Å²) >= 11 is 0. The highest BCUT2D eigenvalue weighted by Crippen LogP contribution is 2.22. The maximum atomic E-state index is 12.8. The smallest absolute Gasteiger partial charge is 0.207 e. The van der Waals surface area contributed by atoms with Crippen molar-refractivity contribution >= 4 is 10.0 Å². The molecule has 0 atom stereocenters. The second-order valence-electron chi connectivity index (χ2n) is 5.75. The van der Waals surface area contributed by atoms with Crippen LogP contribution in [0.2, 0.25) is 0 Å². The van der Waals surface area contributed by atoms with E-state index in [0.717, 1.165) is 24.8 Å². The third-order valence-electron chi connectivity index (χ3n) is 3.94. The normalized spacial score (nSPS) is 16.0. The molecule has 3 nitrogen and oxygen atoms in total. The van der Waals surface area contributed by atoms with Crippen LogP contribution in [-0.2, 0) is 10.0 Å². The minimum Gasteiger partial charge on any atom is -0.207 e. The highest BCUT2D eigenvalue weighted by molar-refractivity contribution is 7.89. The van der Waals surface area contributed by atoms with E-state index in [0.29, 0.717) is 11.4 Å². The average molecular weight is 317 g/mol. The molecular weight excluding hydrogens is 294 g/mol. The summed E-state index contributed by atoms with van der Waals surface area (Å²) < 4.78 is 27.0. The van der Waals surface area contributed by atoms with Crippen molar-refractivity contribution in [3.8, 4) is 12.3 Å². The van der Waals surface area contributed by atoms with Crippen LogP contribution in [0.5, 0.6) is 0 Å². The number of sulfonamides is 1. The van der Waals surface area contributed by atoms with Gasteiger partial charge >= 0.3 is 0 Å². The van der Waals surface area contributed by atoms with Crippen LogP contribution in [0.3, 0.4) is 0 Å². The van der Waals surface area contributed by atoms with Crippen molar-refractivity contribution in [2.24, 2.45) is 0 Å². The maximum absolute atomic E-state index is 12.8. The molecular formula is C18H23NO2S. The standard InChI is InChI=1S/C18H23NO2S/c1-3-14-19(15-17-8-6-4-5-7-9-17)22(20,21)18-12-10-16(2)11-13-18/h1,8,10-13H,4-7,9,14-15H2,2H3. The minimum absolute atomic E-state index is 0.105. The monoisotopic (exact) mass is 317 g/mol. The molecule has 1 aliphatic rings. The van der Waals surface area contributed by atoms with Crippen LogP contribution in [0.1, 0.15) is 37.7 Å². The van der Waals surface area contributed by atoms with Gasteiger partial charge in [0.25, 0.3) is 0 Å². The molecule has 0 spiro atoms. The molecule has 0 aliphatic heterocycles. The number of aryl methyl sites for hydroxylation is 1. The lowest BCUT2D eigenvalue weighted by Crippen LogP contribution is -2.33. The van der Waals surface area contributed by atoms with E-state index >= 15 is 0 Å². The molecule has 0 heterocycles. The summed E-state index contributed by atoms with van der Waals surface area (Å²) in [7, 11) is -3.54. The zero-order chi connectivity index (χ0) is 16.0. The molecule has 0 saturated heterocycles. The van der Waals surface area contributed by atoms with Gasteiger partial charge in [-0.05, 0) is 44.7 Å². The molecule has 0 aromatic heterocycles. The first-order valence-corrected chi connectivity index (χ1v) is 9.16. The number of benzene rings is 1. The molecule has 0 fully saturated rings. The largest absolute Gasteiger partial charge is 0.244 e. The third kappa shape index (κ3) is 4.22. The van der Waals surface area contributed by atoms with Gasteiger partial charge in [0.1, 0.15) is 0 Å². The van der Waals surface area contributed by atoms with Crippen molar-refractivity contribution in [2.75, 3.05) is 13.1 Å². The van der Waals surface area contributed by atoms with E-state index in [1.807, 2.05) is 19.1 Å². The molecule has 0 unspecified atom stereocenters. The van der Waals surface area contributed by atoms with Crippen molar-refractivity contribution < 1.29 is 8.42 Å². The highest BCUT2D eigenvalue weighted by atomic mass is 32.2. The van der Waals surface area contributed by atoms with Crippen molar-refractivity contribution in [3.05, 3.63) is 41.5 Å². The molecule has 1 aliphatic carbocycles. The Morgan fingerprint density at radius 1 is 1.18 bits per heavy atom. The summed E-state index contributed by atoms with van der Waals surface area (Å²) in [5.41, 5.74) is 2.22. The van der Waals surface area contributed by atoms with Gasteiger partial charge in [0.2, 0.25) is 10.0 Å². The van der Waals surface area contributed by atoms with Gasteiger partial charge < -0.3 is 0 Å². The predicted octanol–water partition coefficient (Wildman–Crippen LogP) is 3.51. The van der Waals surface area contributed by atoms with Crippen LogP contribution in [0.25, 0.3) is 0 Å². The molecule has 0 N–H and O–H groups in total. The van der Waals surface area contributed by atoms with E-state index in [9.17, 15) is 8.42 Å². The fraction of sp³-hybridized carbons (Fsp3) is 0.444. The maximum Gasteiger partial charge on any atom is 0.244 e. The lowest BCUT2D eigenvalue weighted by atomic mass is 10.1.